The summed E-state index contributed by atoms with van der Waals surface area (Å²) >= 11 is 0. The van der Waals surface area contributed by atoms with Gasteiger partial charge in [0.1, 0.15) is 5.75 Å². The third kappa shape index (κ3) is 4.03. The lowest BCUT2D eigenvalue weighted by Gasteiger charge is -2.21. The number of benzene rings is 2. The summed E-state index contributed by atoms with van der Waals surface area (Å²) in [7, 11) is 2.03. The Kier molecular flexibility index (Phi) is 5.48. The normalized spacial score (nSPS) is 12.0. The van der Waals surface area contributed by atoms with Gasteiger partial charge in [-0.25, -0.2) is 0 Å². The van der Waals surface area contributed by atoms with Crippen LogP contribution in [0.5, 0.6) is 11.8 Å². The summed E-state index contributed by atoms with van der Waals surface area (Å²) in [6, 6.07) is 18.1. The molecule has 0 aliphatic heterocycles. The van der Waals surface area contributed by atoms with Crippen LogP contribution < -0.4 is 15.2 Å². The first-order chi connectivity index (χ1) is 14.5. The number of pyridine rings is 1. The number of hydrogen-bond acceptors (Lipinski definition) is 5. The van der Waals surface area contributed by atoms with Crippen LogP contribution in [0.4, 0.5) is 11.4 Å². The second kappa shape index (κ2) is 8.37. The highest BCUT2D eigenvalue weighted by atomic mass is 16.5. The van der Waals surface area contributed by atoms with E-state index in [1.54, 1.807) is 18.5 Å². The maximum absolute atomic E-state index is 12.2. The number of hydrogen-bond donors (Lipinski definition) is 1. The second-order valence-electron chi connectivity index (χ2n) is 7.32. The van der Waals surface area contributed by atoms with Crippen LogP contribution in [-0.2, 0) is 0 Å². The Hall–Kier alpha value is -3.67. The van der Waals surface area contributed by atoms with Crippen LogP contribution in [0.2, 0.25) is 0 Å². The van der Waals surface area contributed by atoms with Crippen molar-refractivity contribution >= 4 is 22.3 Å². The molecule has 0 bridgehead atoms. The summed E-state index contributed by atoms with van der Waals surface area (Å²) in [6.45, 7) is 4.44. The molecule has 0 saturated carbocycles. The monoisotopic (exact) mass is 400 g/mol. The largest absolute Gasteiger partial charge is 0.426 e. The van der Waals surface area contributed by atoms with Gasteiger partial charge in [-0.2, -0.15) is 4.98 Å². The number of rotatable bonds is 6. The SMILES string of the molecule is CC[C@H](C)c1ccc(N(C)c2ccc(Oc3nc4cnccc4c(=O)[nH]3)cc2)cc1. The Balaban J connectivity index is 1.51. The minimum Gasteiger partial charge on any atom is -0.426 e. The molecule has 4 aromatic rings. The molecule has 6 heteroatoms. The molecular formula is C24H24N4O2. The summed E-state index contributed by atoms with van der Waals surface area (Å²) in [5.41, 5.74) is 3.74. The van der Waals surface area contributed by atoms with E-state index in [-0.39, 0.29) is 11.6 Å². The van der Waals surface area contributed by atoms with E-state index in [4.69, 9.17) is 4.74 Å². The number of fused-ring (bicyclic) bond motifs is 1. The topological polar surface area (TPSA) is 71.1 Å². The number of ether oxygens (including phenoxy) is 1. The standard InChI is InChI=1S/C24H24N4O2/c1-4-16(2)17-5-7-18(8-6-17)28(3)19-9-11-20(12-10-19)30-24-26-22-15-25-14-13-21(22)23(29)27-24/h5-16H,4H2,1-3H3,(H,26,27,29)/t16-/m0/s1. The zero-order chi connectivity index (χ0) is 21.1. The van der Waals surface area contributed by atoms with Crippen LogP contribution in [0, 0.1) is 0 Å². The molecule has 0 unspecified atom stereocenters. The molecule has 6 nitrogen and oxygen atoms in total. The van der Waals surface area contributed by atoms with Gasteiger partial charge in [-0.05, 0) is 60.4 Å². The van der Waals surface area contributed by atoms with Crippen molar-refractivity contribution < 1.29 is 4.74 Å². The molecule has 0 saturated heterocycles. The fourth-order valence-corrected chi connectivity index (χ4v) is 3.28. The summed E-state index contributed by atoms with van der Waals surface area (Å²) in [6.07, 6.45) is 4.24. The zero-order valence-electron chi connectivity index (χ0n) is 17.3. The average molecular weight is 400 g/mol. The van der Waals surface area contributed by atoms with Gasteiger partial charge in [0.25, 0.3) is 5.56 Å². The van der Waals surface area contributed by atoms with Crippen LogP contribution in [0.25, 0.3) is 10.9 Å². The first-order valence-corrected chi connectivity index (χ1v) is 10.0. The van der Waals surface area contributed by atoms with E-state index in [1.807, 2.05) is 31.3 Å². The number of nitrogens with one attached hydrogen (secondary N) is 1. The van der Waals surface area contributed by atoms with Gasteiger partial charge in [-0.15, -0.1) is 0 Å². The molecule has 0 aliphatic carbocycles. The van der Waals surface area contributed by atoms with E-state index in [2.05, 4.69) is 58.0 Å². The molecule has 4 rings (SSSR count). The number of aromatic nitrogens is 3. The second-order valence-corrected chi connectivity index (χ2v) is 7.32. The van der Waals surface area contributed by atoms with Crippen molar-refractivity contribution in [2.24, 2.45) is 0 Å². The molecule has 1 N–H and O–H groups in total. The molecule has 152 valence electrons. The highest BCUT2D eigenvalue weighted by Crippen LogP contribution is 2.28. The van der Waals surface area contributed by atoms with Gasteiger partial charge < -0.3 is 9.64 Å². The highest BCUT2D eigenvalue weighted by Gasteiger charge is 2.09. The maximum Gasteiger partial charge on any atom is 0.302 e. The van der Waals surface area contributed by atoms with Crippen LogP contribution >= 0.6 is 0 Å². The zero-order valence-corrected chi connectivity index (χ0v) is 17.3. The molecule has 0 amide bonds. The molecular weight excluding hydrogens is 376 g/mol. The van der Waals surface area contributed by atoms with Crippen molar-refractivity contribution in [2.45, 2.75) is 26.2 Å². The molecule has 1 atom stereocenters. The Bertz CT molecular complexity index is 1200. The van der Waals surface area contributed by atoms with Gasteiger partial charge in [-0.3, -0.25) is 14.8 Å². The molecule has 30 heavy (non-hydrogen) atoms. The lowest BCUT2D eigenvalue weighted by atomic mass is 9.98. The lowest BCUT2D eigenvalue weighted by Crippen LogP contribution is -2.10. The Morgan fingerprint density at radius 3 is 2.37 bits per heavy atom. The van der Waals surface area contributed by atoms with Gasteiger partial charge in [0.2, 0.25) is 0 Å². The van der Waals surface area contributed by atoms with Crippen LogP contribution in [0.3, 0.4) is 0 Å². The fraction of sp³-hybridized carbons (Fsp3) is 0.208. The van der Waals surface area contributed by atoms with Crippen molar-refractivity contribution in [1.29, 1.82) is 0 Å². The number of anilines is 2. The van der Waals surface area contributed by atoms with Crippen molar-refractivity contribution in [1.82, 2.24) is 15.0 Å². The number of aromatic amines is 1. The first kappa shape index (κ1) is 19.6. The summed E-state index contributed by atoms with van der Waals surface area (Å²) in [5, 5.41) is 0.480. The summed E-state index contributed by atoms with van der Waals surface area (Å²) < 4.78 is 5.75. The quantitative estimate of drug-likeness (QED) is 0.470. The first-order valence-electron chi connectivity index (χ1n) is 10.0. The Morgan fingerprint density at radius 2 is 1.70 bits per heavy atom. The van der Waals surface area contributed by atoms with E-state index in [0.29, 0.717) is 22.6 Å². The third-order valence-corrected chi connectivity index (χ3v) is 5.39. The molecule has 2 aromatic carbocycles. The van der Waals surface area contributed by atoms with E-state index in [1.165, 1.54) is 5.56 Å². The van der Waals surface area contributed by atoms with Crippen molar-refractivity contribution in [3.63, 3.8) is 0 Å². The van der Waals surface area contributed by atoms with E-state index >= 15 is 0 Å². The van der Waals surface area contributed by atoms with E-state index < -0.39 is 0 Å². The van der Waals surface area contributed by atoms with Crippen molar-refractivity contribution in [2.75, 3.05) is 11.9 Å². The van der Waals surface area contributed by atoms with Gasteiger partial charge in [-0.1, -0.05) is 26.0 Å². The fourth-order valence-electron chi connectivity index (χ4n) is 3.28. The van der Waals surface area contributed by atoms with E-state index in [0.717, 1.165) is 17.8 Å². The predicted octanol–water partition coefficient (Wildman–Crippen LogP) is 5.39. The van der Waals surface area contributed by atoms with Crippen LogP contribution in [-0.4, -0.2) is 22.0 Å². The summed E-state index contributed by atoms with van der Waals surface area (Å²) in [4.78, 5) is 25.3. The highest BCUT2D eigenvalue weighted by molar-refractivity contribution is 5.76. The Labute approximate surface area is 175 Å². The lowest BCUT2D eigenvalue weighted by molar-refractivity contribution is 0.443. The van der Waals surface area contributed by atoms with Gasteiger partial charge >= 0.3 is 6.01 Å². The minimum atomic E-state index is -0.255. The summed E-state index contributed by atoms with van der Waals surface area (Å²) in [5.74, 6) is 1.15. The molecule has 0 aliphatic rings. The van der Waals surface area contributed by atoms with Crippen molar-refractivity contribution in [3.8, 4) is 11.8 Å². The molecule has 0 spiro atoms. The number of H-pyrrole nitrogens is 1. The smallest absolute Gasteiger partial charge is 0.302 e. The van der Waals surface area contributed by atoms with E-state index in [9.17, 15) is 4.79 Å². The van der Waals surface area contributed by atoms with Gasteiger partial charge in [0.15, 0.2) is 0 Å². The molecule has 0 radical (unpaired) electrons. The molecule has 2 aromatic heterocycles. The number of nitrogens with zero attached hydrogens (tertiary/aromatic N) is 3. The van der Waals surface area contributed by atoms with Gasteiger partial charge in [0, 0.05) is 24.6 Å². The third-order valence-electron chi connectivity index (χ3n) is 5.39. The molecule has 2 heterocycles. The average Bonchev–Trinajstić information content (AvgIpc) is 2.79. The van der Waals surface area contributed by atoms with Crippen LogP contribution in [0.15, 0.2) is 71.8 Å². The van der Waals surface area contributed by atoms with Gasteiger partial charge in [0.05, 0.1) is 17.1 Å². The molecule has 0 fully saturated rings. The van der Waals surface area contributed by atoms with Crippen molar-refractivity contribution in [3.05, 3.63) is 82.9 Å². The Morgan fingerprint density at radius 1 is 1.03 bits per heavy atom. The van der Waals surface area contributed by atoms with Crippen LogP contribution in [0.1, 0.15) is 31.7 Å². The maximum atomic E-state index is 12.2. The predicted molar refractivity (Wildman–Crippen MR) is 120 cm³/mol. The minimum absolute atomic E-state index is 0.141.